The average molecular weight is 294 g/mol. The fourth-order valence-electron chi connectivity index (χ4n) is 2.45. The molecule has 0 spiro atoms. The van der Waals surface area contributed by atoms with Crippen molar-refractivity contribution in [3.05, 3.63) is 33.9 Å². The molecular formula is C14H18N2O5. The first-order valence-corrected chi connectivity index (χ1v) is 6.83. The van der Waals surface area contributed by atoms with Crippen LogP contribution in [-0.4, -0.2) is 42.3 Å². The fraction of sp³-hybridized carbons (Fsp3) is 0.500. The third-order valence-electron chi connectivity index (χ3n) is 3.60. The normalized spacial score (nSPS) is 18.2. The van der Waals surface area contributed by atoms with Crippen molar-refractivity contribution in [2.45, 2.75) is 25.4 Å². The van der Waals surface area contributed by atoms with E-state index >= 15 is 0 Å². The first-order chi connectivity index (χ1) is 9.99. The van der Waals surface area contributed by atoms with Gasteiger partial charge in [-0.3, -0.25) is 10.1 Å². The highest BCUT2D eigenvalue weighted by Crippen LogP contribution is 2.25. The van der Waals surface area contributed by atoms with E-state index in [1.165, 1.54) is 12.1 Å². The standard InChI is InChI=1S/C14H18N2O5/c1-15(9-11-4-2-3-7-21-11)10-5-6-13(16(19)20)12(8-10)14(17)18/h5-6,8,11H,2-4,7,9H2,1H3,(H,17,18). The van der Waals surface area contributed by atoms with E-state index in [0.717, 1.165) is 25.9 Å². The molecule has 1 unspecified atom stereocenters. The van der Waals surface area contributed by atoms with Gasteiger partial charge in [-0.2, -0.15) is 0 Å². The molecule has 0 aliphatic carbocycles. The minimum absolute atomic E-state index is 0.118. The van der Waals surface area contributed by atoms with E-state index < -0.39 is 16.6 Å². The van der Waals surface area contributed by atoms with Gasteiger partial charge in [0.1, 0.15) is 5.56 Å². The van der Waals surface area contributed by atoms with E-state index in [0.29, 0.717) is 12.2 Å². The van der Waals surface area contributed by atoms with E-state index in [9.17, 15) is 14.9 Å². The Bertz CT molecular complexity index is 540. The van der Waals surface area contributed by atoms with Gasteiger partial charge < -0.3 is 14.7 Å². The summed E-state index contributed by atoms with van der Waals surface area (Å²) >= 11 is 0. The van der Waals surface area contributed by atoms with Crippen molar-refractivity contribution < 1.29 is 19.6 Å². The molecule has 1 aliphatic heterocycles. The van der Waals surface area contributed by atoms with Gasteiger partial charge in [-0.1, -0.05) is 0 Å². The summed E-state index contributed by atoms with van der Waals surface area (Å²) in [5.74, 6) is -1.30. The predicted octanol–water partition coefficient (Wildman–Crippen LogP) is 2.30. The molecule has 0 saturated carbocycles. The summed E-state index contributed by atoms with van der Waals surface area (Å²) in [5.41, 5.74) is -0.0605. The molecular weight excluding hydrogens is 276 g/mol. The van der Waals surface area contributed by atoms with Crippen LogP contribution in [0.3, 0.4) is 0 Å². The molecule has 114 valence electrons. The third-order valence-corrected chi connectivity index (χ3v) is 3.60. The van der Waals surface area contributed by atoms with Crippen molar-refractivity contribution in [3.63, 3.8) is 0 Å². The molecule has 0 bridgehead atoms. The molecule has 1 aromatic rings. The van der Waals surface area contributed by atoms with Crippen molar-refractivity contribution in [1.29, 1.82) is 0 Å². The number of carbonyl (C=O) groups is 1. The van der Waals surface area contributed by atoms with Crippen molar-refractivity contribution >= 4 is 17.3 Å². The highest BCUT2D eigenvalue weighted by atomic mass is 16.6. The zero-order valence-electron chi connectivity index (χ0n) is 11.8. The summed E-state index contributed by atoms with van der Waals surface area (Å²) < 4.78 is 5.64. The minimum Gasteiger partial charge on any atom is -0.477 e. The average Bonchev–Trinajstić information content (AvgIpc) is 2.47. The smallest absolute Gasteiger partial charge is 0.342 e. The monoisotopic (exact) mass is 294 g/mol. The number of nitrogens with zero attached hydrogens (tertiary/aromatic N) is 2. The topological polar surface area (TPSA) is 92.9 Å². The number of ether oxygens (including phenoxy) is 1. The molecule has 21 heavy (non-hydrogen) atoms. The Labute approximate surface area is 122 Å². The molecule has 0 aromatic heterocycles. The van der Waals surface area contributed by atoms with E-state index in [-0.39, 0.29) is 11.7 Å². The number of hydrogen-bond acceptors (Lipinski definition) is 5. The summed E-state index contributed by atoms with van der Waals surface area (Å²) in [4.78, 5) is 23.2. The van der Waals surface area contributed by atoms with E-state index in [1.807, 2.05) is 11.9 Å². The molecule has 0 radical (unpaired) electrons. The highest BCUT2D eigenvalue weighted by molar-refractivity contribution is 5.93. The second-order valence-corrected chi connectivity index (χ2v) is 5.13. The van der Waals surface area contributed by atoms with Crippen LogP contribution >= 0.6 is 0 Å². The Morgan fingerprint density at radius 1 is 1.52 bits per heavy atom. The number of nitro groups is 1. The largest absolute Gasteiger partial charge is 0.477 e. The zero-order valence-corrected chi connectivity index (χ0v) is 11.8. The summed E-state index contributed by atoms with van der Waals surface area (Å²) in [5, 5.41) is 19.9. The molecule has 2 rings (SSSR count). The summed E-state index contributed by atoms with van der Waals surface area (Å²) in [6.45, 7) is 1.38. The predicted molar refractivity (Wildman–Crippen MR) is 76.9 cm³/mol. The van der Waals surface area contributed by atoms with Gasteiger partial charge >= 0.3 is 5.97 Å². The molecule has 0 amide bonds. The van der Waals surface area contributed by atoms with Crippen LogP contribution in [0.5, 0.6) is 0 Å². The molecule has 1 fully saturated rings. The van der Waals surface area contributed by atoms with Gasteiger partial charge in [0.05, 0.1) is 11.0 Å². The number of hydrogen-bond donors (Lipinski definition) is 1. The summed E-state index contributed by atoms with van der Waals surface area (Å²) in [7, 11) is 1.82. The third kappa shape index (κ3) is 3.69. The van der Waals surface area contributed by atoms with Gasteiger partial charge in [0, 0.05) is 32.0 Å². The maximum absolute atomic E-state index is 11.1. The number of aromatic carboxylic acids is 1. The Morgan fingerprint density at radius 3 is 2.86 bits per heavy atom. The van der Waals surface area contributed by atoms with E-state index in [2.05, 4.69) is 0 Å². The van der Waals surface area contributed by atoms with E-state index in [4.69, 9.17) is 9.84 Å². The number of likely N-dealkylation sites (N-methyl/N-ethyl adjacent to an activating group) is 1. The van der Waals surface area contributed by atoms with Crippen LogP contribution < -0.4 is 4.90 Å². The lowest BCUT2D eigenvalue weighted by Crippen LogP contribution is -2.33. The quantitative estimate of drug-likeness (QED) is 0.661. The van der Waals surface area contributed by atoms with Crippen LogP contribution in [0.1, 0.15) is 29.6 Å². The van der Waals surface area contributed by atoms with Crippen LogP contribution in [0.4, 0.5) is 11.4 Å². The van der Waals surface area contributed by atoms with Gasteiger partial charge in [-0.05, 0) is 31.4 Å². The second-order valence-electron chi connectivity index (χ2n) is 5.13. The number of rotatable bonds is 5. The Balaban J connectivity index is 2.17. The van der Waals surface area contributed by atoms with Gasteiger partial charge in [0.15, 0.2) is 0 Å². The van der Waals surface area contributed by atoms with Gasteiger partial charge in [-0.15, -0.1) is 0 Å². The van der Waals surface area contributed by atoms with Crippen molar-refractivity contribution in [2.24, 2.45) is 0 Å². The van der Waals surface area contributed by atoms with Crippen LogP contribution in [0.2, 0.25) is 0 Å². The molecule has 1 aromatic carbocycles. The lowest BCUT2D eigenvalue weighted by Gasteiger charge is -2.28. The Hall–Kier alpha value is -2.15. The van der Waals surface area contributed by atoms with Crippen LogP contribution in [0.25, 0.3) is 0 Å². The lowest BCUT2D eigenvalue weighted by atomic mass is 10.1. The van der Waals surface area contributed by atoms with Crippen molar-refractivity contribution in [1.82, 2.24) is 0 Å². The number of nitro benzene ring substituents is 1. The minimum atomic E-state index is -1.30. The van der Waals surface area contributed by atoms with Crippen LogP contribution in [0.15, 0.2) is 18.2 Å². The molecule has 1 atom stereocenters. The first kappa shape index (κ1) is 15.2. The molecule has 7 heteroatoms. The Kier molecular flexibility index (Phi) is 4.74. The van der Waals surface area contributed by atoms with Crippen LogP contribution in [0, 0.1) is 10.1 Å². The Morgan fingerprint density at radius 2 is 2.29 bits per heavy atom. The SMILES string of the molecule is CN(CC1CCCCO1)c1ccc([N+](=O)[O-])c(C(=O)O)c1. The van der Waals surface area contributed by atoms with Gasteiger partial charge in [0.25, 0.3) is 5.69 Å². The maximum Gasteiger partial charge on any atom is 0.342 e. The maximum atomic E-state index is 11.1. The first-order valence-electron chi connectivity index (χ1n) is 6.83. The molecule has 1 aliphatic rings. The van der Waals surface area contributed by atoms with E-state index in [1.54, 1.807) is 6.07 Å². The highest BCUT2D eigenvalue weighted by Gasteiger charge is 2.22. The van der Waals surface area contributed by atoms with Gasteiger partial charge in [-0.25, -0.2) is 4.79 Å². The van der Waals surface area contributed by atoms with Crippen molar-refractivity contribution in [2.75, 3.05) is 25.1 Å². The second kappa shape index (κ2) is 6.53. The molecule has 7 nitrogen and oxygen atoms in total. The number of carboxylic acids is 1. The van der Waals surface area contributed by atoms with Crippen molar-refractivity contribution in [3.8, 4) is 0 Å². The van der Waals surface area contributed by atoms with Gasteiger partial charge in [0.2, 0.25) is 0 Å². The number of anilines is 1. The summed E-state index contributed by atoms with van der Waals surface area (Å²) in [6, 6.07) is 4.13. The molecule has 1 N–H and O–H groups in total. The summed E-state index contributed by atoms with van der Waals surface area (Å²) in [6.07, 6.45) is 3.29. The fourth-order valence-corrected chi connectivity index (χ4v) is 2.45. The molecule has 1 heterocycles. The number of carboxylic acid groups (broad SMARTS) is 1. The zero-order chi connectivity index (χ0) is 15.4. The van der Waals surface area contributed by atoms with Crippen LogP contribution in [-0.2, 0) is 4.74 Å². The molecule has 1 saturated heterocycles. The number of benzene rings is 1. The lowest BCUT2D eigenvalue weighted by molar-refractivity contribution is -0.385.